The van der Waals surface area contributed by atoms with Gasteiger partial charge in [-0.3, -0.25) is 0 Å². The average Bonchev–Trinajstić information content (AvgIpc) is 2.60. The van der Waals surface area contributed by atoms with Crippen LogP contribution in [0, 0.1) is 13.8 Å². The Morgan fingerprint density at radius 3 is 2.34 bits per heavy atom. The van der Waals surface area contributed by atoms with Gasteiger partial charge in [0.15, 0.2) is 0 Å². The third-order valence-electron chi connectivity index (χ3n) is 4.60. The van der Waals surface area contributed by atoms with Crippen molar-refractivity contribution in [2.45, 2.75) is 44.7 Å². The molecule has 29 heavy (non-hydrogen) atoms. The fraction of sp³-hybridized carbons (Fsp3) is 0.474. The number of nitrogens with zero attached hydrogens (tertiary/aromatic N) is 3. The highest BCUT2D eigenvalue weighted by atomic mass is 32.2. The molecule has 1 unspecified atom stereocenters. The van der Waals surface area contributed by atoms with Gasteiger partial charge < -0.3 is 4.74 Å². The Morgan fingerprint density at radius 1 is 1.14 bits per heavy atom. The predicted octanol–water partition coefficient (Wildman–Crippen LogP) is 3.49. The van der Waals surface area contributed by atoms with E-state index in [0.29, 0.717) is 24.9 Å². The summed E-state index contributed by atoms with van der Waals surface area (Å²) in [5.41, 5.74) is 1.02. The molecule has 0 saturated carbocycles. The van der Waals surface area contributed by atoms with Crippen molar-refractivity contribution in [2.24, 2.45) is 0 Å². The van der Waals surface area contributed by atoms with Gasteiger partial charge in [0.2, 0.25) is 10.0 Å². The van der Waals surface area contributed by atoms with Gasteiger partial charge in [0.1, 0.15) is 6.10 Å². The van der Waals surface area contributed by atoms with Crippen molar-refractivity contribution in [3.05, 3.63) is 52.8 Å². The maximum Gasteiger partial charge on any atom is 0.416 e. The molecule has 0 radical (unpaired) electrons. The first-order valence-electron chi connectivity index (χ1n) is 9.16. The van der Waals surface area contributed by atoms with Gasteiger partial charge in [-0.05, 0) is 50.5 Å². The van der Waals surface area contributed by atoms with Crippen molar-refractivity contribution in [1.82, 2.24) is 14.3 Å². The smallest absolute Gasteiger partial charge is 0.416 e. The molecule has 1 aliphatic rings. The Hall–Kier alpha value is -2.20. The molecule has 1 fully saturated rings. The minimum Gasteiger partial charge on any atom is -0.459 e. The first-order valence-corrected chi connectivity index (χ1v) is 10.8. The Morgan fingerprint density at radius 2 is 1.76 bits per heavy atom. The van der Waals surface area contributed by atoms with Gasteiger partial charge in [-0.1, -0.05) is 12.1 Å². The molecule has 0 amide bonds. The lowest BCUT2D eigenvalue weighted by Gasteiger charge is -2.31. The molecule has 2 aromatic rings. The van der Waals surface area contributed by atoms with E-state index in [1.165, 1.54) is 16.4 Å². The number of hydrogen-bond donors (Lipinski definition) is 0. The van der Waals surface area contributed by atoms with E-state index in [0.717, 1.165) is 23.5 Å². The van der Waals surface area contributed by atoms with Crippen molar-refractivity contribution in [2.75, 3.05) is 13.1 Å². The van der Waals surface area contributed by atoms with Crippen LogP contribution in [0.5, 0.6) is 6.01 Å². The highest BCUT2D eigenvalue weighted by Gasteiger charge is 2.32. The van der Waals surface area contributed by atoms with E-state index < -0.39 is 21.8 Å². The molecule has 158 valence electrons. The third kappa shape index (κ3) is 5.66. The molecule has 1 aliphatic heterocycles. The van der Waals surface area contributed by atoms with Gasteiger partial charge >= 0.3 is 12.2 Å². The summed E-state index contributed by atoms with van der Waals surface area (Å²) in [6.45, 7) is 4.14. The molecule has 0 N–H and O–H groups in total. The molecule has 3 rings (SSSR count). The summed E-state index contributed by atoms with van der Waals surface area (Å²) < 4.78 is 70.6. The van der Waals surface area contributed by atoms with E-state index in [1.54, 1.807) is 0 Å². The quantitative estimate of drug-likeness (QED) is 0.728. The fourth-order valence-corrected chi connectivity index (χ4v) is 4.84. The van der Waals surface area contributed by atoms with E-state index >= 15 is 0 Å². The molecule has 1 atom stereocenters. The van der Waals surface area contributed by atoms with Gasteiger partial charge in [0.25, 0.3) is 0 Å². The lowest BCUT2D eigenvalue weighted by atomic mass is 10.1. The van der Waals surface area contributed by atoms with Crippen molar-refractivity contribution in [3.8, 4) is 6.01 Å². The molecule has 0 aliphatic carbocycles. The molecule has 10 heteroatoms. The van der Waals surface area contributed by atoms with E-state index in [2.05, 4.69) is 9.97 Å². The highest BCUT2D eigenvalue weighted by Crippen LogP contribution is 2.29. The van der Waals surface area contributed by atoms with Crippen molar-refractivity contribution in [3.63, 3.8) is 0 Å². The van der Waals surface area contributed by atoms with E-state index in [-0.39, 0.29) is 24.4 Å². The second kappa shape index (κ2) is 8.27. The number of piperidine rings is 1. The normalized spacial score (nSPS) is 18.6. The van der Waals surface area contributed by atoms with E-state index in [4.69, 9.17) is 4.74 Å². The Labute approximate surface area is 167 Å². The lowest BCUT2D eigenvalue weighted by molar-refractivity contribution is -0.137. The van der Waals surface area contributed by atoms with Crippen LogP contribution in [0.1, 0.15) is 35.4 Å². The summed E-state index contributed by atoms with van der Waals surface area (Å²) in [5.74, 6) is -0.363. The highest BCUT2D eigenvalue weighted by molar-refractivity contribution is 7.88. The van der Waals surface area contributed by atoms with Crippen molar-refractivity contribution < 1.29 is 26.3 Å². The molecule has 1 aromatic heterocycles. The largest absolute Gasteiger partial charge is 0.459 e. The van der Waals surface area contributed by atoms with Crippen LogP contribution in [0.2, 0.25) is 0 Å². The fourth-order valence-electron chi connectivity index (χ4n) is 3.24. The Balaban J connectivity index is 1.67. The maximum atomic E-state index is 12.8. The van der Waals surface area contributed by atoms with E-state index in [1.807, 2.05) is 19.9 Å². The summed E-state index contributed by atoms with van der Waals surface area (Å²) in [5, 5.41) is 0. The molecular weight excluding hydrogens is 407 g/mol. The summed E-state index contributed by atoms with van der Waals surface area (Å²) in [6.07, 6.45) is -3.55. The number of ether oxygens (including phenoxy) is 1. The van der Waals surface area contributed by atoms with Crippen LogP contribution in [0.25, 0.3) is 0 Å². The van der Waals surface area contributed by atoms with Crippen molar-refractivity contribution >= 4 is 10.0 Å². The zero-order valence-corrected chi connectivity index (χ0v) is 16.9. The SMILES string of the molecule is Cc1cc(C)nc(OC2CCCN(S(=O)(=O)Cc3ccc(C(F)(F)F)cc3)C2)n1. The molecule has 6 nitrogen and oxygen atoms in total. The monoisotopic (exact) mass is 429 g/mol. The summed E-state index contributed by atoms with van der Waals surface area (Å²) >= 11 is 0. The number of sulfonamides is 1. The first-order chi connectivity index (χ1) is 13.5. The lowest BCUT2D eigenvalue weighted by Crippen LogP contribution is -2.44. The molecule has 1 saturated heterocycles. The molecule has 0 spiro atoms. The minimum absolute atomic E-state index is 0.152. The van der Waals surface area contributed by atoms with Crippen LogP contribution in [-0.2, 0) is 22.0 Å². The minimum atomic E-state index is -4.45. The Bertz CT molecular complexity index is 943. The van der Waals surface area contributed by atoms with Gasteiger partial charge in [0, 0.05) is 17.9 Å². The summed E-state index contributed by atoms with van der Waals surface area (Å²) in [7, 11) is -3.69. The molecule has 2 heterocycles. The second-order valence-electron chi connectivity index (χ2n) is 7.12. The molecular formula is C19H22F3N3O3S. The number of alkyl halides is 3. The van der Waals surface area contributed by atoms with Crippen LogP contribution in [-0.4, -0.2) is 41.9 Å². The maximum absolute atomic E-state index is 12.8. The average molecular weight is 429 g/mol. The standard InChI is InChI=1S/C19H22F3N3O3S/c1-13-10-14(2)24-18(23-13)28-17-4-3-9-25(11-17)29(26,27)12-15-5-7-16(8-6-15)19(20,21)22/h5-8,10,17H,3-4,9,11-12H2,1-2H3. The number of rotatable bonds is 5. The Kier molecular flexibility index (Phi) is 6.13. The van der Waals surface area contributed by atoms with Crippen LogP contribution in [0.4, 0.5) is 13.2 Å². The number of benzene rings is 1. The zero-order valence-electron chi connectivity index (χ0n) is 16.1. The number of halogens is 3. The van der Waals surface area contributed by atoms with Crippen LogP contribution < -0.4 is 4.74 Å². The number of aromatic nitrogens is 2. The van der Waals surface area contributed by atoms with Gasteiger partial charge in [0.05, 0.1) is 17.9 Å². The summed E-state index contributed by atoms with van der Waals surface area (Å²) in [6, 6.07) is 6.21. The van der Waals surface area contributed by atoms with E-state index in [9.17, 15) is 21.6 Å². The van der Waals surface area contributed by atoms with Crippen LogP contribution in [0.3, 0.4) is 0 Å². The van der Waals surface area contributed by atoms with Gasteiger partial charge in [-0.2, -0.15) is 17.5 Å². The summed E-state index contributed by atoms with van der Waals surface area (Å²) in [4.78, 5) is 8.44. The predicted molar refractivity (Wildman–Crippen MR) is 101 cm³/mol. The van der Waals surface area contributed by atoms with Crippen LogP contribution >= 0.6 is 0 Å². The topological polar surface area (TPSA) is 72.4 Å². The second-order valence-corrected chi connectivity index (χ2v) is 9.09. The number of hydrogen-bond acceptors (Lipinski definition) is 5. The zero-order chi connectivity index (χ0) is 21.2. The molecule has 0 bridgehead atoms. The van der Waals surface area contributed by atoms with Gasteiger partial charge in [-0.15, -0.1) is 0 Å². The van der Waals surface area contributed by atoms with Gasteiger partial charge in [-0.25, -0.2) is 18.4 Å². The third-order valence-corrected chi connectivity index (χ3v) is 6.42. The first kappa shape index (κ1) is 21.5. The van der Waals surface area contributed by atoms with Crippen molar-refractivity contribution in [1.29, 1.82) is 0 Å². The molecule has 1 aromatic carbocycles. The number of aryl methyl sites for hydroxylation is 2. The van der Waals surface area contributed by atoms with Crippen LogP contribution in [0.15, 0.2) is 30.3 Å².